The molecule has 0 N–H and O–H groups in total. The first kappa shape index (κ1) is 16.4. The van der Waals surface area contributed by atoms with Gasteiger partial charge in [0.1, 0.15) is 5.82 Å². The highest BCUT2D eigenvalue weighted by atomic mass is 35.5. The van der Waals surface area contributed by atoms with E-state index in [2.05, 4.69) is 6.07 Å². The number of nitrogens with zero attached hydrogens (tertiary/aromatic N) is 1. The van der Waals surface area contributed by atoms with Crippen LogP contribution in [0.3, 0.4) is 0 Å². The lowest BCUT2D eigenvalue weighted by molar-refractivity contribution is 0.479. The molecule has 0 spiro atoms. The molecule has 2 rings (SSSR count). The van der Waals surface area contributed by atoms with Crippen LogP contribution in [-0.2, 0) is 6.42 Å². The zero-order valence-corrected chi connectivity index (χ0v) is 12.6. The van der Waals surface area contributed by atoms with Gasteiger partial charge in [-0.3, -0.25) is 0 Å². The van der Waals surface area contributed by atoms with E-state index in [1.165, 1.54) is 6.92 Å². The molecule has 0 radical (unpaired) electrons. The third kappa shape index (κ3) is 3.42. The second-order valence-corrected chi connectivity index (χ2v) is 5.48. The van der Waals surface area contributed by atoms with E-state index in [-0.39, 0.29) is 17.5 Å². The minimum atomic E-state index is -1.17. The van der Waals surface area contributed by atoms with Crippen LogP contribution >= 0.6 is 11.6 Å². The molecule has 1 unspecified atom stereocenters. The van der Waals surface area contributed by atoms with Crippen molar-refractivity contribution >= 4 is 11.6 Å². The molecule has 0 fully saturated rings. The van der Waals surface area contributed by atoms with Gasteiger partial charge in [-0.2, -0.15) is 5.26 Å². The lowest BCUT2D eigenvalue weighted by Gasteiger charge is -2.11. The molecule has 0 saturated heterocycles. The van der Waals surface area contributed by atoms with Crippen molar-refractivity contribution in [3.05, 3.63) is 69.5 Å². The fourth-order valence-corrected chi connectivity index (χ4v) is 2.40. The molecule has 1 atom stereocenters. The number of nitriles is 1. The van der Waals surface area contributed by atoms with Crippen LogP contribution in [0.15, 0.2) is 30.3 Å². The van der Waals surface area contributed by atoms with E-state index >= 15 is 0 Å². The summed E-state index contributed by atoms with van der Waals surface area (Å²) >= 11 is 5.79. The molecule has 0 saturated carbocycles. The van der Waals surface area contributed by atoms with Gasteiger partial charge >= 0.3 is 0 Å². The number of benzene rings is 2. The van der Waals surface area contributed by atoms with Gasteiger partial charge < -0.3 is 0 Å². The van der Waals surface area contributed by atoms with Gasteiger partial charge in [-0.05, 0) is 49.1 Å². The van der Waals surface area contributed by atoms with Crippen molar-refractivity contribution in [3.63, 3.8) is 0 Å². The molecule has 0 amide bonds. The van der Waals surface area contributed by atoms with Crippen LogP contribution in [0, 0.1) is 35.7 Å². The Hall–Kier alpha value is -1.99. The second kappa shape index (κ2) is 6.85. The van der Waals surface area contributed by atoms with Crippen molar-refractivity contribution in [2.24, 2.45) is 0 Å². The van der Waals surface area contributed by atoms with Crippen LogP contribution in [0.5, 0.6) is 0 Å². The lowest BCUT2D eigenvalue weighted by Crippen LogP contribution is -2.04. The summed E-state index contributed by atoms with van der Waals surface area (Å²) in [6.07, 6.45) is 0.449. The summed E-state index contributed by atoms with van der Waals surface area (Å²) in [6.45, 7) is 1.19. The molecule has 22 heavy (non-hydrogen) atoms. The molecule has 0 aliphatic heterocycles. The van der Waals surface area contributed by atoms with Gasteiger partial charge in [0.25, 0.3) is 0 Å². The SMILES string of the molecule is Cc1c(F)c(F)cc(CCC(C#N)c2ccc(Cl)cc2)c1F. The van der Waals surface area contributed by atoms with Crippen molar-refractivity contribution in [2.45, 2.75) is 25.7 Å². The zero-order valence-electron chi connectivity index (χ0n) is 11.8. The Morgan fingerprint density at radius 3 is 2.36 bits per heavy atom. The Bertz CT molecular complexity index is 720. The molecule has 2 aromatic rings. The number of hydrogen-bond donors (Lipinski definition) is 0. The Morgan fingerprint density at radius 1 is 1.14 bits per heavy atom. The number of rotatable bonds is 4. The summed E-state index contributed by atoms with van der Waals surface area (Å²) in [4.78, 5) is 0. The minimum Gasteiger partial charge on any atom is -0.206 e. The molecule has 2 aromatic carbocycles. The van der Waals surface area contributed by atoms with Crippen LogP contribution in [0.1, 0.15) is 29.0 Å². The monoisotopic (exact) mass is 323 g/mol. The maximum Gasteiger partial charge on any atom is 0.164 e. The molecule has 0 bridgehead atoms. The summed E-state index contributed by atoms with van der Waals surface area (Å²) in [5.74, 6) is -3.47. The van der Waals surface area contributed by atoms with Crippen molar-refractivity contribution in [1.82, 2.24) is 0 Å². The van der Waals surface area contributed by atoms with Gasteiger partial charge in [0.15, 0.2) is 11.6 Å². The van der Waals surface area contributed by atoms with Gasteiger partial charge in [0.05, 0.1) is 12.0 Å². The third-order valence-corrected chi connectivity index (χ3v) is 3.83. The summed E-state index contributed by atoms with van der Waals surface area (Å²) < 4.78 is 40.6. The van der Waals surface area contributed by atoms with Gasteiger partial charge in [0.2, 0.25) is 0 Å². The molecule has 5 heteroatoms. The Labute approximate surface area is 132 Å². The van der Waals surface area contributed by atoms with E-state index in [1.807, 2.05) is 0 Å². The molecule has 0 heterocycles. The molecule has 0 aliphatic carbocycles. The maximum atomic E-state index is 13.9. The van der Waals surface area contributed by atoms with Gasteiger partial charge in [0, 0.05) is 10.6 Å². The summed E-state index contributed by atoms with van der Waals surface area (Å²) in [5.41, 5.74) is 0.493. The highest BCUT2D eigenvalue weighted by molar-refractivity contribution is 6.30. The normalized spacial score (nSPS) is 12.0. The first-order chi connectivity index (χ1) is 10.4. The van der Waals surface area contributed by atoms with Crippen LogP contribution in [-0.4, -0.2) is 0 Å². The summed E-state index contributed by atoms with van der Waals surface area (Å²) in [7, 11) is 0. The van der Waals surface area contributed by atoms with Crippen molar-refractivity contribution in [2.75, 3.05) is 0 Å². The van der Waals surface area contributed by atoms with E-state index in [1.54, 1.807) is 24.3 Å². The Balaban J connectivity index is 2.18. The van der Waals surface area contributed by atoms with Crippen LogP contribution in [0.25, 0.3) is 0 Å². The molecule has 0 aromatic heterocycles. The Morgan fingerprint density at radius 2 is 1.77 bits per heavy atom. The van der Waals surface area contributed by atoms with Crippen molar-refractivity contribution in [1.29, 1.82) is 5.26 Å². The van der Waals surface area contributed by atoms with E-state index in [0.29, 0.717) is 11.4 Å². The third-order valence-electron chi connectivity index (χ3n) is 3.58. The second-order valence-electron chi connectivity index (χ2n) is 5.04. The topological polar surface area (TPSA) is 23.8 Å². The summed E-state index contributed by atoms with van der Waals surface area (Å²) in [5, 5.41) is 9.80. The first-order valence-corrected chi connectivity index (χ1v) is 7.10. The molecular weight excluding hydrogens is 311 g/mol. The van der Waals surface area contributed by atoms with Crippen molar-refractivity contribution < 1.29 is 13.2 Å². The maximum absolute atomic E-state index is 13.9. The molecule has 114 valence electrons. The van der Waals surface area contributed by atoms with E-state index in [0.717, 1.165) is 11.6 Å². The summed E-state index contributed by atoms with van der Waals surface area (Å²) in [6, 6.07) is 9.78. The van der Waals surface area contributed by atoms with E-state index < -0.39 is 23.4 Å². The van der Waals surface area contributed by atoms with Gasteiger partial charge in [-0.1, -0.05) is 23.7 Å². The minimum absolute atomic E-state index is 0.0746. The molecule has 0 aliphatic rings. The standard InChI is InChI=1S/C17H13ClF3N/c1-10-16(20)12(8-15(19)17(10)21)2-3-13(9-22)11-4-6-14(18)7-5-11/h4-8,13H,2-3H2,1H3. The number of aryl methyl sites for hydroxylation is 1. The van der Waals surface area contributed by atoms with Gasteiger partial charge in [-0.15, -0.1) is 0 Å². The fraction of sp³-hybridized carbons (Fsp3) is 0.235. The predicted octanol–water partition coefficient (Wildman–Crippen LogP) is 5.31. The number of hydrogen-bond acceptors (Lipinski definition) is 1. The largest absolute Gasteiger partial charge is 0.206 e. The highest BCUT2D eigenvalue weighted by Gasteiger charge is 2.17. The van der Waals surface area contributed by atoms with E-state index in [9.17, 15) is 18.4 Å². The Kier molecular flexibility index (Phi) is 5.10. The average molecular weight is 324 g/mol. The van der Waals surface area contributed by atoms with E-state index in [4.69, 9.17) is 11.6 Å². The molecular formula is C17H13ClF3N. The zero-order chi connectivity index (χ0) is 16.3. The lowest BCUT2D eigenvalue weighted by atomic mass is 9.93. The quantitative estimate of drug-likeness (QED) is 0.700. The van der Waals surface area contributed by atoms with Crippen LogP contribution in [0.2, 0.25) is 5.02 Å². The van der Waals surface area contributed by atoms with Crippen molar-refractivity contribution in [3.8, 4) is 6.07 Å². The predicted molar refractivity (Wildman–Crippen MR) is 79.2 cm³/mol. The number of halogens is 4. The van der Waals surface area contributed by atoms with Gasteiger partial charge in [-0.25, -0.2) is 13.2 Å². The highest BCUT2D eigenvalue weighted by Crippen LogP contribution is 2.26. The molecule has 1 nitrogen and oxygen atoms in total. The first-order valence-electron chi connectivity index (χ1n) is 6.72. The average Bonchev–Trinajstić information content (AvgIpc) is 2.52. The van der Waals surface area contributed by atoms with Crippen LogP contribution < -0.4 is 0 Å². The fourth-order valence-electron chi connectivity index (χ4n) is 2.28. The van der Waals surface area contributed by atoms with Crippen LogP contribution in [0.4, 0.5) is 13.2 Å². The smallest absolute Gasteiger partial charge is 0.164 e.